The minimum Gasteiger partial charge on any atom is -0.433 e. The second-order valence-corrected chi connectivity index (χ2v) is 9.89. The zero-order valence-corrected chi connectivity index (χ0v) is 21.6. The van der Waals surface area contributed by atoms with Gasteiger partial charge in [0.15, 0.2) is 10.9 Å². The third kappa shape index (κ3) is 5.39. The highest BCUT2D eigenvalue weighted by molar-refractivity contribution is 7.16. The highest BCUT2D eigenvalue weighted by Gasteiger charge is 2.30. The third-order valence-corrected chi connectivity index (χ3v) is 6.80. The van der Waals surface area contributed by atoms with E-state index in [4.69, 9.17) is 23.2 Å². The van der Waals surface area contributed by atoms with Gasteiger partial charge in [-0.25, -0.2) is 19.9 Å². The largest absolute Gasteiger partial charge is 0.433 e. The van der Waals surface area contributed by atoms with Gasteiger partial charge in [0, 0.05) is 35.4 Å². The fraction of sp³-hybridized carbons (Fsp3) is 0.174. The van der Waals surface area contributed by atoms with Crippen LogP contribution in [0.5, 0.6) is 5.75 Å². The molecule has 4 aromatic heterocycles. The molecule has 2 amide bonds. The van der Waals surface area contributed by atoms with Gasteiger partial charge in [0.25, 0.3) is 11.8 Å². The summed E-state index contributed by atoms with van der Waals surface area (Å²) in [5.41, 5.74) is 1.68. The number of hydrogen-bond donors (Lipinski definition) is 1. The van der Waals surface area contributed by atoms with Crippen LogP contribution in [0.25, 0.3) is 11.1 Å². The van der Waals surface area contributed by atoms with E-state index in [1.54, 1.807) is 13.0 Å². The summed E-state index contributed by atoms with van der Waals surface area (Å²) in [7, 11) is 0. The van der Waals surface area contributed by atoms with E-state index in [1.807, 2.05) is 0 Å². The molecule has 4 aromatic rings. The fourth-order valence-corrected chi connectivity index (χ4v) is 4.98. The zero-order chi connectivity index (χ0) is 27.0. The van der Waals surface area contributed by atoms with E-state index in [9.17, 15) is 18.4 Å². The first-order valence-electron chi connectivity index (χ1n) is 10.8. The second-order valence-electron chi connectivity index (χ2n) is 7.98. The molecule has 0 aliphatic carbocycles. The molecule has 0 radical (unpaired) electrons. The summed E-state index contributed by atoms with van der Waals surface area (Å²) < 4.78 is 30.6. The van der Waals surface area contributed by atoms with Crippen molar-refractivity contribution in [1.29, 1.82) is 0 Å². The van der Waals surface area contributed by atoms with Crippen LogP contribution in [-0.4, -0.2) is 48.2 Å². The number of anilines is 1. The van der Waals surface area contributed by atoms with Crippen molar-refractivity contribution >= 4 is 51.5 Å². The number of aromatic nitrogens is 5. The van der Waals surface area contributed by atoms with E-state index in [1.165, 1.54) is 40.9 Å². The highest BCUT2D eigenvalue weighted by atomic mass is 35.5. The number of aryl methyl sites for hydroxylation is 1. The molecule has 5 heterocycles. The van der Waals surface area contributed by atoms with Crippen molar-refractivity contribution in [3.63, 3.8) is 0 Å². The van der Waals surface area contributed by atoms with Gasteiger partial charge in [-0.2, -0.15) is 8.78 Å². The standard InChI is InChI=1S/C23H15Cl2F2N7O3S/c1-10-2-12(13-3-18(25)29-7-16(13)37-22(26)27)14(6-28-10)20(35)33-23-32-15-8-34(9-17(15)38-23)21(36)19-30-4-11(24)5-31-19/h2-7,22H,8-9H2,1H3,(H,32,33,35). The predicted octanol–water partition coefficient (Wildman–Crippen LogP) is 5.02. The van der Waals surface area contributed by atoms with Crippen molar-refractivity contribution in [2.45, 2.75) is 26.6 Å². The third-order valence-electron chi connectivity index (χ3n) is 5.40. The molecule has 15 heteroatoms. The van der Waals surface area contributed by atoms with Crippen LogP contribution in [0.15, 0.2) is 36.9 Å². The average molecular weight is 578 g/mol. The van der Waals surface area contributed by atoms with Gasteiger partial charge in [-0.1, -0.05) is 34.5 Å². The Morgan fingerprint density at radius 3 is 2.53 bits per heavy atom. The van der Waals surface area contributed by atoms with Gasteiger partial charge in [-0.15, -0.1) is 0 Å². The number of fused-ring (bicyclic) bond motifs is 1. The highest BCUT2D eigenvalue weighted by Crippen LogP contribution is 2.36. The lowest BCUT2D eigenvalue weighted by Gasteiger charge is -2.15. The van der Waals surface area contributed by atoms with Crippen LogP contribution in [0.3, 0.4) is 0 Å². The van der Waals surface area contributed by atoms with Crippen molar-refractivity contribution < 1.29 is 23.1 Å². The summed E-state index contributed by atoms with van der Waals surface area (Å²) in [6, 6.07) is 2.89. The van der Waals surface area contributed by atoms with Crippen molar-refractivity contribution in [3.05, 3.63) is 74.7 Å². The maximum Gasteiger partial charge on any atom is 0.387 e. The normalized spacial score (nSPS) is 12.5. The molecule has 0 fully saturated rings. The van der Waals surface area contributed by atoms with Crippen molar-refractivity contribution in [1.82, 2.24) is 29.8 Å². The zero-order valence-electron chi connectivity index (χ0n) is 19.3. The molecule has 0 unspecified atom stereocenters. The minimum absolute atomic E-state index is 0.0175. The van der Waals surface area contributed by atoms with Crippen LogP contribution in [0.1, 0.15) is 37.2 Å². The quantitative estimate of drug-likeness (QED) is 0.317. The van der Waals surface area contributed by atoms with Crippen LogP contribution in [-0.2, 0) is 13.1 Å². The summed E-state index contributed by atoms with van der Waals surface area (Å²) in [6.07, 6.45) is 5.08. The number of ether oxygens (including phenoxy) is 1. The van der Waals surface area contributed by atoms with E-state index < -0.39 is 12.5 Å². The lowest BCUT2D eigenvalue weighted by molar-refractivity contribution is -0.0496. The van der Waals surface area contributed by atoms with E-state index >= 15 is 0 Å². The van der Waals surface area contributed by atoms with Crippen LogP contribution >= 0.6 is 34.5 Å². The van der Waals surface area contributed by atoms with E-state index in [0.717, 1.165) is 11.1 Å². The van der Waals surface area contributed by atoms with Crippen molar-refractivity contribution in [2.24, 2.45) is 0 Å². The Kier molecular flexibility index (Phi) is 7.15. The molecule has 1 N–H and O–H groups in total. The number of nitrogens with one attached hydrogen (secondary N) is 1. The lowest BCUT2D eigenvalue weighted by Crippen LogP contribution is -2.27. The molecule has 1 aliphatic heterocycles. The molecule has 1 aliphatic rings. The Hall–Kier alpha value is -3.81. The number of amides is 2. The summed E-state index contributed by atoms with van der Waals surface area (Å²) in [5, 5.41) is 3.38. The number of hydrogen-bond acceptors (Lipinski definition) is 9. The molecule has 10 nitrogen and oxygen atoms in total. The van der Waals surface area contributed by atoms with Gasteiger partial charge in [0.05, 0.1) is 40.4 Å². The number of rotatable bonds is 6. The summed E-state index contributed by atoms with van der Waals surface area (Å²) in [5.74, 6) is -1.17. The Labute approximate surface area is 227 Å². The van der Waals surface area contributed by atoms with Gasteiger partial charge in [0.2, 0.25) is 5.82 Å². The Bertz CT molecular complexity index is 1530. The topological polar surface area (TPSA) is 123 Å². The number of thiazole rings is 1. The van der Waals surface area contributed by atoms with Gasteiger partial charge in [0.1, 0.15) is 5.15 Å². The molecule has 38 heavy (non-hydrogen) atoms. The molecule has 0 saturated heterocycles. The molecule has 194 valence electrons. The summed E-state index contributed by atoms with van der Waals surface area (Å²) >= 11 is 13.0. The van der Waals surface area contributed by atoms with Gasteiger partial charge >= 0.3 is 6.61 Å². The maximum absolute atomic E-state index is 13.2. The summed E-state index contributed by atoms with van der Waals surface area (Å²) in [6.45, 7) is -0.926. The first kappa shape index (κ1) is 25.8. The second kappa shape index (κ2) is 10.5. The molecule has 0 bridgehead atoms. The van der Waals surface area contributed by atoms with Crippen molar-refractivity contribution in [2.75, 3.05) is 5.32 Å². The van der Waals surface area contributed by atoms with Crippen LogP contribution in [0.2, 0.25) is 10.2 Å². The van der Waals surface area contributed by atoms with Gasteiger partial charge in [-0.3, -0.25) is 19.9 Å². The SMILES string of the molecule is Cc1cc(-c2cc(Cl)ncc2OC(F)F)c(C(=O)Nc2nc3c(s2)CN(C(=O)c2ncc(Cl)cn2)C3)cn1. The van der Waals surface area contributed by atoms with Gasteiger partial charge in [-0.05, 0) is 19.1 Å². The molecule has 0 aromatic carbocycles. The Balaban J connectivity index is 1.36. The number of nitrogens with zero attached hydrogens (tertiary/aromatic N) is 6. The predicted molar refractivity (Wildman–Crippen MR) is 135 cm³/mol. The van der Waals surface area contributed by atoms with Crippen LogP contribution in [0.4, 0.5) is 13.9 Å². The molecule has 0 saturated carbocycles. The Morgan fingerprint density at radius 2 is 1.82 bits per heavy atom. The van der Waals surface area contributed by atoms with Gasteiger partial charge < -0.3 is 9.64 Å². The summed E-state index contributed by atoms with van der Waals surface area (Å²) in [4.78, 5) is 48.5. The van der Waals surface area contributed by atoms with Crippen LogP contribution < -0.4 is 10.1 Å². The van der Waals surface area contributed by atoms with E-state index in [2.05, 4.69) is 35.0 Å². The Morgan fingerprint density at radius 1 is 1.05 bits per heavy atom. The smallest absolute Gasteiger partial charge is 0.387 e. The molecular weight excluding hydrogens is 563 g/mol. The maximum atomic E-state index is 13.2. The monoisotopic (exact) mass is 577 g/mol. The minimum atomic E-state index is -3.10. The van der Waals surface area contributed by atoms with Crippen molar-refractivity contribution in [3.8, 4) is 16.9 Å². The van der Waals surface area contributed by atoms with Crippen LogP contribution in [0, 0.1) is 6.92 Å². The first-order valence-corrected chi connectivity index (χ1v) is 12.4. The molecule has 0 spiro atoms. The molecule has 0 atom stereocenters. The first-order chi connectivity index (χ1) is 18.2. The number of carbonyl (C=O) groups is 2. The average Bonchev–Trinajstić information content (AvgIpc) is 3.43. The molecule has 5 rings (SSSR count). The van der Waals surface area contributed by atoms with E-state index in [0.29, 0.717) is 21.5 Å². The molecular formula is C23H15Cl2F2N7O3S. The number of alkyl halides is 2. The number of carbonyl (C=O) groups excluding carboxylic acids is 2. The van der Waals surface area contributed by atoms with E-state index in [-0.39, 0.29) is 52.4 Å². The number of pyridine rings is 2. The lowest BCUT2D eigenvalue weighted by atomic mass is 10.0. The number of halogens is 4. The fourth-order valence-electron chi connectivity index (χ4n) is 3.75.